The van der Waals surface area contributed by atoms with Crippen molar-refractivity contribution in [3.8, 4) is 0 Å². The number of rotatable bonds is 4. The average Bonchev–Trinajstić information content (AvgIpc) is 2.34. The van der Waals surface area contributed by atoms with E-state index in [0.29, 0.717) is 0 Å². The van der Waals surface area contributed by atoms with E-state index in [9.17, 15) is 14.7 Å². The molecule has 104 valence electrons. The van der Waals surface area contributed by atoms with Crippen LogP contribution in [0.4, 0.5) is 0 Å². The summed E-state index contributed by atoms with van der Waals surface area (Å²) in [7, 11) is 0. The molecule has 0 bridgehead atoms. The van der Waals surface area contributed by atoms with Crippen molar-refractivity contribution in [1.29, 1.82) is 0 Å². The molecule has 1 atom stereocenters. The van der Waals surface area contributed by atoms with E-state index in [4.69, 9.17) is 5.11 Å². The van der Waals surface area contributed by atoms with Crippen molar-refractivity contribution in [2.45, 2.75) is 26.9 Å². The van der Waals surface area contributed by atoms with Gasteiger partial charge in [-0.15, -0.1) is 0 Å². The van der Waals surface area contributed by atoms with E-state index in [1.807, 2.05) is 20.8 Å². The van der Waals surface area contributed by atoms with Gasteiger partial charge in [0.15, 0.2) is 5.69 Å². The van der Waals surface area contributed by atoms with Gasteiger partial charge in [-0.25, -0.2) is 14.8 Å². The van der Waals surface area contributed by atoms with Crippen LogP contribution in [0.15, 0.2) is 12.4 Å². The second-order valence-corrected chi connectivity index (χ2v) is 5.18. The highest BCUT2D eigenvalue weighted by Gasteiger charge is 2.22. The molecule has 0 aliphatic rings. The van der Waals surface area contributed by atoms with E-state index in [0.717, 1.165) is 12.4 Å². The third-order valence-corrected chi connectivity index (χ3v) is 2.56. The van der Waals surface area contributed by atoms with E-state index < -0.39 is 18.0 Å². The Morgan fingerprint density at radius 3 is 2.21 bits per heavy atom. The molecule has 19 heavy (non-hydrogen) atoms. The van der Waals surface area contributed by atoms with Gasteiger partial charge in [0, 0.05) is 6.54 Å². The number of aromatic carboxylic acids is 1. The lowest BCUT2D eigenvalue weighted by atomic mass is 9.89. The average molecular weight is 267 g/mol. The van der Waals surface area contributed by atoms with E-state index >= 15 is 0 Å². The van der Waals surface area contributed by atoms with Crippen molar-refractivity contribution in [2.24, 2.45) is 5.41 Å². The summed E-state index contributed by atoms with van der Waals surface area (Å²) in [4.78, 5) is 29.5. The summed E-state index contributed by atoms with van der Waals surface area (Å²) in [5.41, 5.74) is -0.566. The summed E-state index contributed by atoms with van der Waals surface area (Å²) in [5, 5.41) is 20.9. The largest absolute Gasteiger partial charge is 0.476 e. The number of aliphatic hydroxyl groups is 1. The Balaban J connectivity index is 2.61. The van der Waals surface area contributed by atoms with E-state index in [2.05, 4.69) is 15.3 Å². The number of carboxylic acid groups (broad SMARTS) is 1. The quantitative estimate of drug-likeness (QED) is 0.723. The summed E-state index contributed by atoms with van der Waals surface area (Å²) in [6.07, 6.45) is 1.40. The molecule has 1 heterocycles. The van der Waals surface area contributed by atoms with Gasteiger partial charge in [0.1, 0.15) is 5.69 Å². The molecule has 0 aliphatic heterocycles. The number of carboxylic acids is 1. The number of aromatic nitrogens is 2. The number of hydrogen-bond donors (Lipinski definition) is 3. The van der Waals surface area contributed by atoms with Crippen LogP contribution in [-0.2, 0) is 0 Å². The first-order valence-electron chi connectivity index (χ1n) is 5.73. The third kappa shape index (κ3) is 4.29. The minimum atomic E-state index is -1.21. The molecular formula is C12H17N3O4. The highest BCUT2D eigenvalue weighted by atomic mass is 16.4. The number of nitrogens with one attached hydrogen (secondary N) is 1. The van der Waals surface area contributed by atoms with Gasteiger partial charge < -0.3 is 15.5 Å². The Labute approximate surface area is 110 Å². The summed E-state index contributed by atoms with van der Waals surface area (Å²) in [5.74, 6) is -1.71. The predicted octanol–water partition coefficient (Wildman–Crippen LogP) is 0.312. The normalized spacial score (nSPS) is 12.8. The summed E-state index contributed by atoms with van der Waals surface area (Å²) in [6, 6.07) is 0. The molecule has 1 amide bonds. The van der Waals surface area contributed by atoms with Gasteiger partial charge in [-0.05, 0) is 5.41 Å². The minimum Gasteiger partial charge on any atom is -0.476 e. The van der Waals surface area contributed by atoms with Crippen molar-refractivity contribution < 1.29 is 19.8 Å². The predicted molar refractivity (Wildman–Crippen MR) is 66.8 cm³/mol. The van der Waals surface area contributed by atoms with Crippen LogP contribution in [0.3, 0.4) is 0 Å². The lowest BCUT2D eigenvalue weighted by Crippen LogP contribution is -2.39. The fourth-order valence-electron chi connectivity index (χ4n) is 1.14. The third-order valence-electron chi connectivity index (χ3n) is 2.56. The van der Waals surface area contributed by atoms with Gasteiger partial charge >= 0.3 is 5.97 Å². The molecule has 7 nitrogen and oxygen atoms in total. The monoisotopic (exact) mass is 267 g/mol. The molecule has 0 saturated heterocycles. The van der Waals surface area contributed by atoms with Crippen LogP contribution in [0.25, 0.3) is 0 Å². The summed E-state index contributed by atoms with van der Waals surface area (Å²) < 4.78 is 0. The van der Waals surface area contributed by atoms with Gasteiger partial charge in [0.2, 0.25) is 0 Å². The Hall–Kier alpha value is -2.02. The molecule has 1 rings (SSSR count). The number of nitrogens with zero attached hydrogens (tertiary/aromatic N) is 2. The number of aliphatic hydroxyl groups excluding tert-OH is 1. The van der Waals surface area contributed by atoms with Crippen LogP contribution in [0, 0.1) is 5.41 Å². The van der Waals surface area contributed by atoms with Crippen LogP contribution in [-0.4, -0.2) is 44.7 Å². The van der Waals surface area contributed by atoms with E-state index in [1.165, 1.54) is 0 Å². The molecular weight excluding hydrogens is 250 g/mol. The number of carbonyl (C=O) groups is 2. The first-order chi connectivity index (χ1) is 8.71. The van der Waals surface area contributed by atoms with E-state index in [1.54, 1.807) is 0 Å². The Bertz CT molecular complexity index is 465. The zero-order valence-electron chi connectivity index (χ0n) is 11.0. The molecule has 1 aromatic heterocycles. The highest BCUT2D eigenvalue weighted by molar-refractivity contribution is 5.92. The van der Waals surface area contributed by atoms with Crippen molar-refractivity contribution >= 4 is 11.9 Å². The topological polar surface area (TPSA) is 112 Å². The Morgan fingerprint density at radius 1 is 1.26 bits per heavy atom. The molecule has 0 saturated carbocycles. The van der Waals surface area contributed by atoms with Gasteiger partial charge in [-0.3, -0.25) is 4.79 Å². The maximum Gasteiger partial charge on any atom is 0.356 e. The van der Waals surface area contributed by atoms with Crippen molar-refractivity contribution in [1.82, 2.24) is 15.3 Å². The van der Waals surface area contributed by atoms with Gasteiger partial charge in [0.05, 0.1) is 18.5 Å². The maximum absolute atomic E-state index is 11.7. The minimum absolute atomic E-state index is 0.00566. The molecule has 7 heteroatoms. The lowest BCUT2D eigenvalue weighted by Gasteiger charge is -2.25. The van der Waals surface area contributed by atoms with Crippen molar-refractivity contribution in [2.75, 3.05) is 6.54 Å². The number of amides is 1. The molecule has 0 radical (unpaired) electrons. The lowest BCUT2D eigenvalue weighted by molar-refractivity contribution is 0.0585. The Morgan fingerprint density at radius 2 is 1.79 bits per heavy atom. The first kappa shape index (κ1) is 15.0. The van der Waals surface area contributed by atoms with Crippen LogP contribution in [0.5, 0.6) is 0 Å². The van der Waals surface area contributed by atoms with Crippen molar-refractivity contribution in [3.63, 3.8) is 0 Å². The van der Waals surface area contributed by atoms with Gasteiger partial charge in [0.25, 0.3) is 5.91 Å². The highest BCUT2D eigenvalue weighted by Crippen LogP contribution is 2.18. The smallest absolute Gasteiger partial charge is 0.356 e. The van der Waals surface area contributed by atoms with Crippen LogP contribution >= 0.6 is 0 Å². The van der Waals surface area contributed by atoms with Crippen molar-refractivity contribution in [3.05, 3.63) is 23.8 Å². The SMILES string of the molecule is CC(C)(C)C(O)CNC(=O)c1cnc(C(=O)O)cn1. The molecule has 0 aromatic carbocycles. The summed E-state index contributed by atoms with van der Waals surface area (Å²) in [6.45, 7) is 5.65. The zero-order valence-corrected chi connectivity index (χ0v) is 11.0. The zero-order chi connectivity index (χ0) is 14.6. The van der Waals surface area contributed by atoms with Gasteiger partial charge in [-0.1, -0.05) is 20.8 Å². The molecule has 3 N–H and O–H groups in total. The standard InChI is InChI=1S/C12H17N3O4/c1-12(2,3)9(16)6-15-10(17)7-4-14-8(5-13-7)11(18)19/h4-5,9,16H,6H2,1-3H3,(H,15,17)(H,18,19). The molecule has 0 aliphatic carbocycles. The van der Waals surface area contributed by atoms with E-state index in [-0.39, 0.29) is 23.3 Å². The van der Waals surface area contributed by atoms with Crippen LogP contribution in [0.2, 0.25) is 0 Å². The second kappa shape index (κ2) is 5.75. The molecule has 0 fully saturated rings. The van der Waals surface area contributed by atoms with Crippen LogP contribution < -0.4 is 5.32 Å². The fraction of sp³-hybridized carbons (Fsp3) is 0.500. The first-order valence-corrected chi connectivity index (χ1v) is 5.73. The fourth-order valence-corrected chi connectivity index (χ4v) is 1.14. The van der Waals surface area contributed by atoms with Crippen LogP contribution in [0.1, 0.15) is 41.7 Å². The molecule has 0 spiro atoms. The molecule has 1 aromatic rings. The molecule has 1 unspecified atom stereocenters. The second-order valence-electron chi connectivity index (χ2n) is 5.18. The number of hydrogen-bond acceptors (Lipinski definition) is 5. The summed E-state index contributed by atoms with van der Waals surface area (Å²) >= 11 is 0. The maximum atomic E-state index is 11.7. The number of carbonyl (C=O) groups excluding carboxylic acids is 1. The Kier molecular flexibility index (Phi) is 4.55. The van der Waals surface area contributed by atoms with Gasteiger partial charge in [-0.2, -0.15) is 0 Å².